The second-order valence-corrected chi connectivity index (χ2v) is 39.1. The van der Waals surface area contributed by atoms with Crippen LogP contribution in [0.3, 0.4) is 0 Å². The average molecular weight is 1850 g/mol. The lowest BCUT2D eigenvalue weighted by Crippen LogP contribution is -2.72. The van der Waals surface area contributed by atoms with Crippen molar-refractivity contribution < 1.29 is 114 Å². The second-order valence-electron chi connectivity index (χ2n) is 31.9. The Hall–Kier alpha value is -7.53. The van der Waals surface area contributed by atoms with Gasteiger partial charge in [0.1, 0.15) is 72.9 Å². The Bertz CT molecular complexity index is 4410. The van der Waals surface area contributed by atoms with Crippen LogP contribution in [0.15, 0.2) is 212 Å². The van der Waals surface area contributed by atoms with E-state index in [0.29, 0.717) is 18.7 Å². The van der Waals surface area contributed by atoms with Crippen molar-refractivity contribution in [2.24, 2.45) is 0 Å². The SMILES string of the molecule is CC(=O)N[C@H]1[C@H](OCCCCCCCl)O[C@H](COCc2ccccc2)[C@@H](O[C@@H]2O[C@H](CO[Si](c3ccccc3)(c3ccccc3)C(C)(C)C)[C@H](OC(C)=O)[C@H](O[C@@H]3O[C@H](COCc4ccccc4)[C@@H](O[C@@H]4O[C@@H](C)[C@@H](OCc5ccccc5)[C@@H](OCc5ccccc5)[C@@H]4OCc4ccccc4)[C@H](OC(C)=O)[C@H]3NC(=O)C(Cl)(Cl)Cl)[C@H]2OC(C)=O)[C@@H]1OC(=O)CCl. The van der Waals surface area contributed by atoms with Crippen LogP contribution >= 0.6 is 58.0 Å². The van der Waals surface area contributed by atoms with Crippen molar-refractivity contribution >= 4 is 112 Å². The van der Waals surface area contributed by atoms with E-state index in [1.54, 1.807) is 6.92 Å². The highest BCUT2D eigenvalue weighted by atomic mass is 35.6. The summed E-state index contributed by atoms with van der Waals surface area (Å²) in [5, 5.41) is 6.55. The number of rotatable bonds is 42. The zero-order valence-corrected chi connectivity index (χ0v) is 75.8. The number of esters is 4. The lowest BCUT2D eigenvalue weighted by molar-refractivity contribution is -0.380. The number of carbonyl (C=O) groups is 6. The number of halogens is 5. The number of unbranched alkanes of at least 4 members (excludes halogenated alkanes) is 3. The van der Waals surface area contributed by atoms with E-state index in [4.69, 9.17) is 143 Å². The van der Waals surface area contributed by atoms with Gasteiger partial charge in [-0.2, -0.15) is 0 Å². The highest BCUT2D eigenvalue weighted by Gasteiger charge is 2.62. The predicted molar refractivity (Wildman–Crippen MR) is 468 cm³/mol. The molecule has 2 amide bonds. The zero-order valence-electron chi connectivity index (χ0n) is 71.0. The van der Waals surface area contributed by atoms with E-state index >= 15 is 4.79 Å². The maximum atomic E-state index is 15.0. The van der Waals surface area contributed by atoms with Crippen LogP contribution in [-0.4, -0.2) is 209 Å². The molecular weight excluding hydrogens is 1730 g/mol. The number of hydrogen-bond donors (Lipinski definition) is 2. The molecule has 11 rings (SSSR count). The number of alkyl halides is 5. The first-order chi connectivity index (χ1) is 60.2. The minimum atomic E-state index is -3.71. The summed E-state index contributed by atoms with van der Waals surface area (Å²) < 4.78 is 122. The van der Waals surface area contributed by atoms with Gasteiger partial charge in [-0.3, -0.25) is 28.8 Å². The molecule has 4 heterocycles. The van der Waals surface area contributed by atoms with Gasteiger partial charge in [-0.05, 0) is 63.0 Å². The molecule has 2 N–H and O–H groups in total. The van der Waals surface area contributed by atoms with Crippen molar-refractivity contribution in [1.29, 1.82) is 0 Å². The van der Waals surface area contributed by atoms with Crippen LogP contribution in [0.4, 0.5) is 0 Å². The summed E-state index contributed by atoms with van der Waals surface area (Å²) in [6.45, 7) is 11.5. The van der Waals surface area contributed by atoms with Crippen molar-refractivity contribution in [3.8, 4) is 0 Å². The van der Waals surface area contributed by atoms with Crippen molar-refractivity contribution in [3.05, 3.63) is 240 Å². The summed E-state index contributed by atoms with van der Waals surface area (Å²) >= 11 is 32.2. The average Bonchev–Trinajstić information content (AvgIpc) is 0.741. The van der Waals surface area contributed by atoms with Crippen LogP contribution in [0.5, 0.6) is 0 Å². The lowest BCUT2D eigenvalue weighted by atomic mass is 9.93. The molecule has 7 aromatic carbocycles. The van der Waals surface area contributed by atoms with Crippen molar-refractivity contribution in [3.63, 3.8) is 0 Å². The molecule has 4 aliphatic heterocycles. The van der Waals surface area contributed by atoms with Crippen molar-refractivity contribution in [2.45, 2.75) is 246 Å². The number of ether oxygens (including phenoxy) is 17. The molecule has 0 aliphatic carbocycles. The van der Waals surface area contributed by atoms with Crippen LogP contribution in [0, 0.1) is 0 Å². The van der Waals surface area contributed by atoms with Gasteiger partial charge in [0.15, 0.2) is 49.6 Å². The van der Waals surface area contributed by atoms with Gasteiger partial charge in [0.25, 0.3) is 18.0 Å². The fourth-order valence-corrected chi connectivity index (χ4v) is 20.9. The van der Waals surface area contributed by atoms with E-state index < -0.39 is 195 Å². The van der Waals surface area contributed by atoms with E-state index in [2.05, 4.69) is 10.6 Å². The van der Waals surface area contributed by atoms with Gasteiger partial charge < -0.3 is 95.6 Å². The molecule has 0 radical (unpaired) electrons. The Morgan fingerprint density at radius 3 is 1.22 bits per heavy atom. The van der Waals surface area contributed by atoms with E-state index in [1.807, 2.05) is 233 Å². The molecule has 4 aliphatic rings. The summed E-state index contributed by atoms with van der Waals surface area (Å²) in [6.07, 6.45) is -25.3. The van der Waals surface area contributed by atoms with E-state index in [1.165, 1.54) is 6.92 Å². The van der Waals surface area contributed by atoms with Crippen LogP contribution < -0.4 is 21.0 Å². The molecule has 0 bridgehead atoms. The molecule has 32 heteroatoms. The summed E-state index contributed by atoms with van der Waals surface area (Å²) in [5.41, 5.74) is 3.90. The summed E-state index contributed by atoms with van der Waals surface area (Å²) in [4.78, 5) is 86.4. The van der Waals surface area contributed by atoms with Crippen molar-refractivity contribution in [2.75, 3.05) is 38.2 Å². The van der Waals surface area contributed by atoms with E-state index in [9.17, 15) is 24.0 Å². The molecule has 0 aromatic heterocycles. The molecule has 4 saturated heterocycles. The number of amides is 2. The molecule has 7 aromatic rings. The number of hydrogen-bond acceptors (Lipinski definition) is 24. The van der Waals surface area contributed by atoms with Crippen LogP contribution in [0.25, 0.3) is 0 Å². The monoisotopic (exact) mass is 1840 g/mol. The van der Waals surface area contributed by atoms with Crippen LogP contribution in [-0.2, 0) is 147 Å². The Kier molecular flexibility index (Phi) is 37.8. The molecule has 676 valence electrons. The molecular formula is C93H111Cl5N2O24Si. The minimum absolute atomic E-state index is 0.0119. The molecule has 20 atom stereocenters. The topological polar surface area (TPSA) is 293 Å². The molecule has 0 spiro atoms. The van der Waals surface area contributed by atoms with Gasteiger partial charge in [0, 0.05) is 40.2 Å². The van der Waals surface area contributed by atoms with Gasteiger partial charge in [-0.15, -0.1) is 23.2 Å². The zero-order chi connectivity index (χ0) is 89.1. The first-order valence-electron chi connectivity index (χ1n) is 41.8. The Labute approximate surface area is 755 Å². The van der Waals surface area contributed by atoms with Gasteiger partial charge in [0.2, 0.25) is 5.91 Å². The Morgan fingerprint density at radius 1 is 0.384 bits per heavy atom. The standard InChI is InChI=1S/C93H111Cl5N2O24Si/c1-59-77(110-53-66-38-22-13-23-39-66)83(111-54-67-40-24-14-25-41-67)85(112-55-68-42-26-15-27-43-68)89(114-59)122-78-72(57-108-52-65-36-20-12-21-37-65)119-88(76(81(78)116-62(4)103)100-91(106)93(96,97)98)124-84-80(115-61(3)102)73(58-113-125(92(6,7)8,69-44-28-16-29-45-69)70-46-30-17-31-47-70)120-90(86(84)117-63(5)104)123-79-71(56-107-51-64-34-18-11-19-35-64)118-87(109-49-33-10-9-32-48-94)75(99-60(2)101)82(79)121-74(105)50-95/h11-31,34-47,59,71-73,75-90H,9-10,32-33,48-58H2,1-8H3,(H,99,101)(H,100,106)/t59-,71+,72+,73+,75+,76+,77+,78+,79+,80-,81+,82+,83+,84-,85-,86+,87+,88-,89-,90-/m0/s1. The first-order valence-corrected chi connectivity index (χ1v) is 46.0. The summed E-state index contributed by atoms with van der Waals surface area (Å²) in [7, 11) is -3.71. The Balaban J connectivity index is 1.09. The maximum absolute atomic E-state index is 15.0. The molecule has 26 nitrogen and oxygen atoms in total. The lowest BCUT2D eigenvalue weighted by Gasteiger charge is -2.52. The molecule has 0 saturated carbocycles. The number of carbonyl (C=O) groups excluding carboxylic acids is 6. The third-order valence-electron chi connectivity index (χ3n) is 21.5. The molecule has 0 unspecified atom stereocenters. The van der Waals surface area contributed by atoms with Gasteiger partial charge in [-0.1, -0.05) is 281 Å². The smallest absolute Gasteiger partial charge is 0.321 e. The summed E-state index contributed by atoms with van der Waals surface area (Å²) in [5.74, 6) is -6.00. The number of benzene rings is 7. The normalized spacial score (nSPS) is 26.5. The maximum Gasteiger partial charge on any atom is 0.321 e. The highest BCUT2D eigenvalue weighted by molar-refractivity contribution is 6.99. The third-order valence-corrected chi connectivity index (χ3v) is 27.5. The first kappa shape index (κ1) is 98.1. The molecule has 125 heavy (non-hydrogen) atoms. The van der Waals surface area contributed by atoms with Gasteiger partial charge >= 0.3 is 23.9 Å². The third kappa shape index (κ3) is 27.8. The van der Waals surface area contributed by atoms with Gasteiger partial charge in [0.05, 0.1) is 59.0 Å². The fourth-order valence-electron chi connectivity index (χ4n) is 15.9. The van der Waals surface area contributed by atoms with Crippen molar-refractivity contribution in [1.82, 2.24) is 10.6 Å². The summed E-state index contributed by atoms with van der Waals surface area (Å²) in [6, 6.07) is 62.8. The quantitative estimate of drug-likeness (QED) is 0.0118. The predicted octanol–water partition coefficient (Wildman–Crippen LogP) is 12.9. The highest BCUT2D eigenvalue weighted by Crippen LogP contribution is 2.43. The van der Waals surface area contributed by atoms with E-state index in [-0.39, 0.29) is 46.2 Å². The second kappa shape index (κ2) is 48.2. The largest absolute Gasteiger partial charge is 0.457 e. The minimum Gasteiger partial charge on any atom is -0.457 e. The molecule has 4 fully saturated rings. The Morgan fingerprint density at radius 2 is 0.768 bits per heavy atom. The van der Waals surface area contributed by atoms with E-state index in [0.717, 1.165) is 71.8 Å². The fraction of sp³-hybridized carbons (Fsp3) is 0.484. The van der Waals surface area contributed by atoms with Crippen LogP contribution in [0.2, 0.25) is 5.04 Å². The number of nitrogens with one attached hydrogen (secondary N) is 2. The van der Waals surface area contributed by atoms with Crippen LogP contribution in [0.1, 0.15) is 109 Å². The van der Waals surface area contributed by atoms with Gasteiger partial charge in [-0.25, -0.2) is 0 Å².